The van der Waals surface area contributed by atoms with Crippen molar-refractivity contribution in [3.63, 3.8) is 0 Å². The maximum atomic E-state index is 12.2. The number of hydrogen-bond donors (Lipinski definition) is 3. The molecule has 0 bridgehead atoms. The van der Waals surface area contributed by atoms with Gasteiger partial charge in [-0.15, -0.1) is 0 Å². The van der Waals surface area contributed by atoms with Gasteiger partial charge in [0.05, 0.1) is 12.7 Å². The molecule has 0 saturated carbocycles. The van der Waals surface area contributed by atoms with Gasteiger partial charge in [-0.2, -0.15) is 0 Å². The lowest BCUT2D eigenvalue weighted by atomic mass is 10.1. The van der Waals surface area contributed by atoms with Crippen molar-refractivity contribution in [1.29, 1.82) is 0 Å². The minimum atomic E-state index is -0.251. The third-order valence-corrected chi connectivity index (χ3v) is 4.30. The van der Waals surface area contributed by atoms with Crippen molar-refractivity contribution in [2.75, 3.05) is 19.7 Å². The molecule has 5 heteroatoms. The fraction of sp³-hybridized carbons (Fsp3) is 0.471. The number of aromatic nitrogens is 1. The van der Waals surface area contributed by atoms with Crippen LogP contribution in [0.1, 0.15) is 18.1 Å². The number of H-pyrrole nitrogens is 1. The monoisotopic (exact) mass is 301 g/mol. The molecular formula is C17H23N3O2. The molecule has 0 radical (unpaired) electrons. The quantitative estimate of drug-likeness (QED) is 0.802. The first kappa shape index (κ1) is 15.1. The molecule has 22 heavy (non-hydrogen) atoms. The molecule has 1 saturated heterocycles. The summed E-state index contributed by atoms with van der Waals surface area (Å²) in [5.41, 5.74) is 3.66. The van der Waals surface area contributed by atoms with Crippen LogP contribution in [-0.2, 0) is 16.0 Å². The molecule has 0 unspecified atom stereocenters. The summed E-state index contributed by atoms with van der Waals surface area (Å²) in [6.07, 6.45) is 2.77. The fourth-order valence-corrected chi connectivity index (χ4v) is 3.03. The summed E-state index contributed by atoms with van der Waals surface area (Å²) in [6, 6.07) is 6.03. The van der Waals surface area contributed by atoms with E-state index >= 15 is 0 Å². The molecular weight excluding hydrogens is 278 g/mol. The molecule has 118 valence electrons. The van der Waals surface area contributed by atoms with Gasteiger partial charge in [-0.05, 0) is 31.4 Å². The number of fused-ring (bicyclic) bond motifs is 1. The maximum absolute atomic E-state index is 12.2. The second-order valence-electron chi connectivity index (χ2n) is 5.86. The van der Waals surface area contributed by atoms with E-state index in [2.05, 4.69) is 40.7 Å². The molecule has 1 aromatic carbocycles. The predicted octanol–water partition coefficient (Wildman–Crippen LogP) is 1.51. The second kappa shape index (κ2) is 6.50. The van der Waals surface area contributed by atoms with E-state index in [9.17, 15) is 4.79 Å². The Morgan fingerprint density at radius 2 is 2.32 bits per heavy atom. The third kappa shape index (κ3) is 3.00. The fourth-order valence-electron chi connectivity index (χ4n) is 3.03. The van der Waals surface area contributed by atoms with E-state index in [1.54, 1.807) is 0 Å². The number of carbonyl (C=O) groups excluding carboxylic acids is 1. The smallest absolute Gasteiger partial charge is 0.239 e. The van der Waals surface area contributed by atoms with Gasteiger partial charge in [0.1, 0.15) is 6.04 Å². The van der Waals surface area contributed by atoms with Crippen molar-refractivity contribution in [2.24, 2.45) is 0 Å². The van der Waals surface area contributed by atoms with Crippen molar-refractivity contribution in [3.05, 3.63) is 35.5 Å². The topological polar surface area (TPSA) is 66.2 Å². The highest BCUT2D eigenvalue weighted by molar-refractivity contribution is 5.86. The molecule has 0 aliphatic carbocycles. The van der Waals surface area contributed by atoms with Crippen LogP contribution in [0.5, 0.6) is 0 Å². The first-order chi connectivity index (χ1) is 10.7. The molecule has 3 rings (SSSR count). The van der Waals surface area contributed by atoms with Crippen molar-refractivity contribution in [3.8, 4) is 0 Å². The number of para-hydroxylation sites is 1. The van der Waals surface area contributed by atoms with Crippen LogP contribution in [-0.4, -0.2) is 42.7 Å². The van der Waals surface area contributed by atoms with E-state index in [-0.39, 0.29) is 18.1 Å². The van der Waals surface area contributed by atoms with Gasteiger partial charge in [0.25, 0.3) is 0 Å². The number of hydrogen-bond acceptors (Lipinski definition) is 3. The van der Waals surface area contributed by atoms with E-state index in [1.165, 1.54) is 22.0 Å². The number of ether oxygens (including phenoxy) is 1. The molecule has 1 aliphatic heterocycles. The normalized spacial score (nSPS) is 21.9. The number of carbonyl (C=O) groups is 1. The van der Waals surface area contributed by atoms with Gasteiger partial charge in [-0.1, -0.05) is 18.2 Å². The predicted molar refractivity (Wildman–Crippen MR) is 87.0 cm³/mol. The largest absolute Gasteiger partial charge is 0.375 e. The Hall–Kier alpha value is -1.85. The number of aryl methyl sites for hydroxylation is 1. The molecule has 1 aromatic heterocycles. The Labute approximate surface area is 130 Å². The highest BCUT2D eigenvalue weighted by Crippen LogP contribution is 2.21. The van der Waals surface area contributed by atoms with Crippen LogP contribution < -0.4 is 10.6 Å². The number of morpholine rings is 1. The average molecular weight is 301 g/mol. The summed E-state index contributed by atoms with van der Waals surface area (Å²) < 4.78 is 5.51. The summed E-state index contributed by atoms with van der Waals surface area (Å²) in [7, 11) is 0. The molecule has 3 N–H and O–H groups in total. The Morgan fingerprint density at radius 1 is 1.45 bits per heavy atom. The molecule has 1 amide bonds. The Kier molecular flexibility index (Phi) is 4.45. The molecule has 0 spiro atoms. The summed E-state index contributed by atoms with van der Waals surface area (Å²) in [6.45, 7) is 6.05. The van der Waals surface area contributed by atoms with E-state index in [0.29, 0.717) is 13.2 Å². The van der Waals surface area contributed by atoms with Gasteiger partial charge in [0, 0.05) is 30.2 Å². The van der Waals surface area contributed by atoms with E-state index in [4.69, 9.17) is 4.74 Å². The molecule has 2 heterocycles. The van der Waals surface area contributed by atoms with E-state index in [1.807, 2.05) is 13.1 Å². The van der Waals surface area contributed by atoms with Crippen LogP contribution in [0.4, 0.5) is 0 Å². The summed E-state index contributed by atoms with van der Waals surface area (Å²) in [5, 5.41) is 7.45. The zero-order chi connectivity index (χ0) is 15.5. The second-order valence-corrected chi connectivity index (χ2v) is 5.86. The SMILES string of the molecule is Cc1cccc2c(CCNC(=O)[C@H]3NCCO[C@@H]3C)c[nH]c12. The molecule has 1 fully saturated rings. The average Bonchev–Trinajstić information content (AvgIpc) is 2.92. The summed E-state index contributed by atoms with van der Waals surface area (Å²) >= 11 is 0. The van der Waals surface area contributed by atoms with Crippen molar-refractivity contribution in [2.45, 2.75) is 32.4 Å². The zero-order valence-electron chi connectivity index (χ0n) is 13.1. The first-order valence-electron chi connectivity index (χ1n) is 7.85. The standard InChI is InChI=1S/C17H23N3O2/c1-11-4-3-5-14-13(10-20-15(11)14)6-7-19-17(21)16-12(2)22-9-8-18-16/h3-5,10,12,16,18,20H,6-9H2,1-2H3,(H,19,21)/t12-,16+/m1/s1. The molecule has 5 nitrogen and oxygen atoms in total. The van der Waals surface area contributed by atoms with Gasteiger partial charge >= 0.3 is 0 Å². The molecule has 2 aromatic rings. The van der Waals surface area contributed by atoms with Crippen LogP contribution >= 0.6 is 0 Å². The molecule has 1 aliphatic rings. The van der Waals surface area contributed by atoms with Gasteiger partial charge in [-0.3, -0.25) is 4.79 Å². The van der Waals surface area contributed by atoms with Crippen molar-refractivity contribution < 1.29 is 9.53 Å². The van der Waals surface area contributed by atoms with Crippen LogP contribution in [0.15, 0.2) is 24.4 Å². The van der Waals surface area contributed by atoms with Gasteiger partial charge in [0.15, 0.2) is 0 Å². The van der Waals surface area contributed by atoms with Gasteiger partial charge in [-0.25, -0.2) is 0 Å². The molecule has 2 atom stereocenters. The van der Waals surface area contributed by atoms with E-state index < -0.39 is 0 Å². The minimum absolute atomic E-state index is 0.0169. The number of aromatic amines is 1. The highest BCUT2D eigenvalue weighted by atomic mass is 16.5. The lowest BCUT2D eigenvalue weighted by Gasteiger charge is -2.29. The Morgan fingerprint density at radius 3 is 3.14 bits per heavy atom. The minimum Gasteiger partial charge on any atom is -0.375 e. The Balaban J connectivity index is 1.58. The van der Waals surface area contributed by atoms with E-state index in [0.717, 1.165) is 13.0 Å². The maximum Gasteiger partial charge on any atom is 0.239 e. The third-order valence-electron chi connectivity index (χ3n) is 4.30. The number of rotatable bonds is 4. The zero-order valence-corrected chi connectivity index (χ0v) is 13.1. The van der Waals surface area contributed by atoms with Crippen LogP contribution in [0.2, 0.25) is 0 Å². The first-order valence-corrected chi connectivity index (χ1v) is 7.85. The Bertz CT molecular complexity index is 665. The number of amides is 1. The number of benzene rings is 1. The van der Waals surface area contributed by atoms with Crippen LogP contribution in [0.25, 0.3) is 10.9 Å². The van der Waals surface area contributed by atoms with Crippen molar-refractivity contribution in [1.82, 2.24) is 15.6 Å². The lowest BCUT2D eigenvalue weighted by Crippen LogP contribution is -2.55. The van der Waals surface area contributed by atoms with Crippen LogP contribution in [0, 0.1) is 6.92 Å². The van der Waals surface area contributed by atoms with Gasteiger partial charge < -0.3 is 20.4 Å². The number of nitrogens with one attached hydrogen (secondary N) is 3. The van der Waals surface area contributed by atoms with Crippen molar-refractivity contribution >= 4 is 16.8 Å². The summed E-state index contributed by atoms with van der Waals surface area (Å²) in [4.78, 5) is 15.5. The lowest BCUT2D eigenvalue weighted by molar-refractivity contribution is -0.128. The highest BCUT2D eigenvalue weighted by Gasteiger charge is 2.27. The van der Waals surface area contributed by atoms with Crippen LogP contribution in [0.3, 0.4) is 0 Å². The summed E-state index contributed by atoms with van der Waals surface area (Å²) in [5.74, 6) is 0.0169. The van der Waals surface area contributed by atoms with Gasteiger partial charge in [0.2, 0.25) is 5.91 Å².